The number of rotatable bonds is 8. The molecule has 0 radical (unpaired) electrons. The third kappa shape index (κ3) is 6.21. The molecule has 1 amide bonds. The molecule has 0 heterocycles. The van der Waals surface area contributed by atoms with E-state index in [0.29, 0.717) is 28.1 Å². The van der Waals surface area contributed by atoms with Gasteiger partial charge in [0.05, 0.1) is 12.0 Å². The van der Waals surface area contributed by atoms with E-state index in [1.54, 1.807) is 12.1 Å². The molecule has 0 spiro atoms. The fraction of sp³-hybridized carbons (Fsp3) is 0.120. The van der Waals surface area contributed by atoms with Gasteiger partial charge in [0, 0.05) is 22.3 Å². The second-order valence-corrected chi connectivity index (χ2v) is 8.08. The smallest absolute Gasteiger partial charge is 0.271 e. The number of carbonyl (C=O) groups is 1. The zero-order chi connectivity index (χ0) is 24.7. The third-order valence-electron chi connectivity index (χ3n) is 4.78. The van der Waals surface area contributed by atoms with E-state index in [4.69, 9.17) is 9.47 Å². The van der Waals surface area contributed by atoms with Crippen LogP contribution in [0.15, 0.2) is 70.7 Å². The molecule has 1 N–H and O–H groups in total. The van der Waals surface area contributed by atoms with Crippen molar-refractivity contribution < 1.29 is 19.2 Å². The van der Waals surface area contributed by atoms with Crippen LogP contribution in [0.5, 0.6) is 11.5 Å². The number of nitro groups is 1. The van der Waals surface area contributed by atoms with Crippen molar-refractivity contribution in [3.63, 3.8) is 0 Å². The van der Waals surface area contributed by atoms with Crippen molar-refractivity contribution in [2.45, 2.75) is 13.5 Å². The number of nitrogens with zero attached hydrogens (tertiary/aromatic N) is 2. The number of amides is 1. The molecule has 172 valence electrons. The Labute approximate surface area is 204 Å². The minimum absolute atomic E-state index is 0.172. The highest BCUT2D eigenvalue weighted by Crippen LogP contribution is 2.35. The third-order valence-corrected chi connectivity index (χ3v) is 5.46. The van der Waals surface area contributed by atoms with Gasteiger partial charge in [0.15, 0.2) is 11.5 Å². The Balaban J connectivity index is 1.81. The summed E-state index contributed by atoms with van der Waals surface area (Å²) >= 11 is 3.45. The first-order valence-electron chi connectivity index (χ1n) is 10.0. The number of carbonyl (C=O) groups excluding carboxylic acids is 1. The lowest BCUT2D eigenvalue weighted by Gasteiger charge is -2.13. The summed E-state index contributed by atoms with van der Waals surface area (Å²) in [6, 6.07) is 18.6. The largest absolute Gasteiger partial charge is 0.493 e. The Kier molecular flexibility index (Phi) is 8.01. The van der Waals surface area contributed by atoms with Crippen LogP contribution in [0, 0.1) is 28.4 Å². The number of hydrogen-bond acceptors (Lipinski definition) is 6. The van der Waals surface area contributed by atoms with E-state index in [2.05, 4.69) is 21.2 Å². The minimum atomic E-state index is -0.700. The van der Waals surface area contributed by atoms with Crippen LogP contribution in [0.1, 0.15) is 16.7 Å². The van der Waals surface area contributed by atoms with E-state index in [0.717, 1.165) is 11.1 Å². The summed E-state index contributed by atoms with van der Waals surface area (Å²) in [6.45, 7) is 2.35. The highest BCUT2D eigenvalue weighted by molar-refractivity contribution is 9.10. The number of ether oxygens (including phenoxy) is 2. The molecule has 0 unspecified atom stereocenters. The Hall–Kier alpha value is -4.16. The SMILES string of the molecule is COc1cc(/C=C(\C#N)C(=O)Nc2cccc([N+](=O)[O-])c2)c(Br)cc1OCc1ccc(C)cc1. The van der Waals surface area contributed by atoms with Crippen LogP contribution in [-0.4, -0.2) is 17.9 Å². The van der Waals surface area contributed by atoms with Gasteiger partial charge >= 0.3 is 0 Å². The Bertz CT molecular complexity index is 1300. The highest BCUT2D eigenvalue weighted by Gasteiger charge is 2.15. The first-order chi connectivity index (χ1) is 16.3. The molecule has 3 aromatic carbocycles. The summed E-state index contributed by atoms with van der Waals surface area (Å²) in [4.78, 5) is 23.0. The number of halogens is 1. The van der Waals surface area contributed by atoms with Crippen molar-refractivity contribution in [3.05, 3.63) is 97.5 Å². The van der Waals surface area contributed by atoms with E-state index in [-0.39, 0.29) is 16.9 Å². The molecule has 0 bridgehead atoms. The number of non-ortho nitro benzene ring substituents is 1. The zero-order valence-electron chi connectivity index (χ0n) is 18.4. The number of nitro benzene ring substituents is 1. The second kappa shape index (κ2) is 11.1. The van der Waals surface area contributed by atoms with Crippen molar-refractivity contribution in [2.75, 3.05) is 12.4 Å². The van der Waals surface area contributed by atoms with E-state index < -0.39 is 10.8 Å². The molecule has 0 saturated carbocycles. The maximum Gasteiger partial charge on any atom is 0.271 e. The van der Waals surface area contributed by atoms with Crippen molar-refractivity contribution in [2.24, 2.45) is 0 Å². The number of anilines is 1. The first kappa shape index (κ1) is 24.5. The standard InChI is InChI=1S/C25H20BrN3O5/c1-16-6-8-17(9-7-16)15-34-24-13-22(26)18(11-23(24)33-2)10-19(14-27)25(30)28-20-4-3-5-21(12-20)29(31)32/h3-13H,15H2,1-2H3,(H,28,30)/b19-10+. The summed E-state index contributed by atoms with van der Waals surface area (Å²) in [6.07, 6.45) is 1.39. The Morgan fingerprint density at radius 2 is 1.91 bits per heavy atom. The summed E-state index contributed by atoms with van der Waals surface area (Å²) < 4.78 is 11.9. The van der Waals surface area contributed by atoms with Gasteiger partial charge in [-0.1, -0.05) is 51.8 Å². The van der Waals surface area contributed by atoms with E-state index >= 15 is 0 Å². The Morgan fingerprint density at radius 1 is 1.18 bits per heavy atom. The van der Waals surface area contributed by atoms with Gasteiger partial charge in [-0.2, -0.15) is 5.26 Å². The number of nitriles is 1. The van der Waals surface area contributed by atoms with Crippen molar-refractivity contribution in [3.8, 4) is 17.6 Å². The van der Waals surface area contributed by atoms with Gasteiger partial charge < -0.3 is 14.8 Å². The molecule has 0 aliphatic heterocycles. The number of hydrogen-bond donors (Lipinski definition) is 1. The molecule has 0 aliphatic rings. The van der Waals surface area contributed by atoms with Crippen molar-refractivity contribution in [1.82, 2.24) is 0 Å². The lowest BCUT2D eigenvalue weighted by atomic mass is 10.1. The van der Waals surface area contributed by atoms with E-state index in [9.17, 15) is 20.2 Å². The van der Waals surface area contributed by atoms with Crippen molar-refractivity contribution in [1.29, 1.82) is 5.26 Å². The topological polar surface area (TPSA) is 114 Å². The normalized spacial score (nSPS) is 10.8. The van der Waals surface area contributed by atoms with Crippen LogP contribution in [0.25, 0.3) is 6.08 Å². The van der Waals surface area contributed by atoms with Crippen LogP contribution in [-0.2, 0) is 11.4 Å². The monoisotopic (exact) mass is 521 g/mol. The quantitative estimate of drug-likeness (QED) is 0.173. The fourth-order valence-electron chi connectivity index (χ4n) is 2.98. The van der Waals surface area contributed by atoms with E-state index in [1.807, 2.05) is 37.3 Å². The lowest BCUT2D eigenvalue weighted by molar-refractivity contribution is -0.384. The maximum atomic E-state index is 12.6. The average molecular weight is 522 g/mol. The summed E-state index contributed by atoms with van der Waals surface area (Å²) in [5.41, 5.74) is 2.51. The minimum Gasteiger partial charge on any atom is -0.493 e. The van der Waals surface area contributed by atoms with Gasteiger partial charge in [0.2, 0.25) is 0 Å². The van der Waals surface area contributed by atoms with Gasteiger partial charge in [0.1, 0.15) is 18.2 Å². The number of aryl methyl sites for hydroxylation is 1. The number of methoxy groups -OCH3 is 1. The number of benzene rings is 3. The first-order valence-corrected chi connectivity index (χ1v) is 10.8. The molecule has 0 atom stereocenters. The van der Waals surface area contributed by atoms with Gasteiger partial charge in [0.25, 0.3) is 11.6 Å². The van der Waals surface area contributed by atoms with Gasteiger partial charge in [-0.3, -0.25) is 14.9 Å². The van der Waals surface area contributed by atoms with Gasteiger partial charge in [-0.25, -0.2) is 0 Å². The molecular weight excluding hydrogens is 502 g/mol. The summed E-state index contributed by atoms with van der Waals surface area (Å²) in [5, 5.41) is 23.0. The predicted molar refractivity (Wildman–Crippen MR) is 132 cm³/mol. The van der Waals surface area contributed by atoms with Crippen LogP contribution >= 0.6 is 15.9 Å². The van der Waals surface area contributed by atoms with Crippen LogP contribution in [0.2, 0.25) is 0 Å². The fourth-order valence-corrected chi connectivity index (χ4v) is 3.42. The molecule has 34 heavy (non-hydrogen) atoms. The molecule has 0 aromatic heterocycles. The summed E-state index contributed by atoms with van der Waals surface area (Å²) in [5.74, 6) is 0.221. The maximum absolute atomic E-state index is 12.6. The van der Waals surface area contributed by atoms with Gasteiger partial charge in [-0.05, 0) is 42.3 Å². The van der Waals surface area contributed by atoms with Crippen LogP contribution in [0.4, 0.5) is 11.4 Å². The zero-order valence-corrected chi connectivity index (χ0v) is 20.0. The average Bonchev–Trinajstić information content (AvgIpc) is 2.83. The molecule has 0 fully saturated rings. The van der Waals surface area contributed by atoms with Gasteiger partial charge in [-0.15, -0.1) is 0 Å². The summed E-state index contributed by atoms with van der Waals surface area (Å²) in [7, 11) is 1.50. The molecule has 0 aliphatic carbocycles. The molecule has 8 nitrogen and oxygen atoms in total. The predicted octanol–water partition coefficient (Wildman–Crippen LogP) is 5.80. The molecule has 9 heteroatoms. The molecule has 0 saturated heterocycles. The second-order valence-electron chi connectivity index (χ2n) is 7.23. The molecular formula is C25H20BrN3O5. The van der Waals surface area contributed by atoms with Crippen LogP contribution < -0.4 is 14.8 Å². The van der Waals surface area contributed by atoms with Crippen LogP contribution in [0.3, 0.4) is 0 Å². The van der Waals surface area contributed by atoms with E-state index in [1.165, 1.54) is 37.5 Å². The highest BCUT2D eigenvalue weighted by atomic mass is 79.9. The molecule has 3 rings (SSSR count). The number of nitrogens with one attached hydrogen (secondary N) is 1. The lowest BCUT2D eigenvalue weighted by Crippen LogP contribution is -2.13. The Morgan fingerprint density at radius 3 is 2.56 bits per heavy atom. The van der Waals surface area contributed by atoms with Crippen molar-refractivity contribution >= 4 is 39.3 Å². The molecule has 3 aromatic rings.